The largest absolute Gasteiger partial charge is 0.0757 e. The van der Waals surface area contributed by atoms with Crippen molar-refractivity contribution in [1.82, 2.24) is 0 Å². The molecule has 2 heteroatoms. The Morgan fingerprint density at radius 2 is 1.62 bits per heavy atom. The van der Waals surface area contributed by atoms with Crippen LogP contribution in [-0.4, -0.2) is 3.42 Å². The molecule has 0 bridgehead atoms. The minimum Gasteiger partial charge on any atom is -0.0757 e. The number of hydrogen-bond donors (Lipinski definition) is 0. The first-order chi connectivity index (χ1) is 7.71. The predicted octanol–water partition coefficient (Wildman–Crippen LogP) is 4.90. The van der Waals surface area contributed by atoms with E-state index < -0.39 is 0 Å². The van der Waals surface area contributed by atoms with E-state index in [2.05, 4.69) is 112 Å². The van der Waals surface area contributed by atoms with Gasteiger partial charge in [0.1, 0.15) is 0 Å². The number of allylic oxidation sites excluding steroid dienone is 12. The Morgan fingerprint density at radius 3 is 2.44 bits per heavy atom. The van der Waals surface area contributed by atoms with Crippen LogP contribution in [0, 0.1) is 5.92 Å². The highest BCUT2D eigenvalue weighted by Gasteiger charge is 2.29. The molecule has 0 aromatic heterocycles. The Kier molecular flexibility index (Phi) is 4.24. The van der Waals surface area contributed by atoms with Crippen molar-refractivity contribution >= 4 is 45.2 Å². The van der Waals surface area contributed by atoms with E-state index >= 15 is 0 Å². The summed E-state index contributed by atoms with van der Waals surface area (Å²) in [5.74, 6) is 0.430. The van der Waals surface area contributed by atoms with Gasteiger partial charge < -0.3 is 0 Å². The van der Waals surface area contributed by atoms with Crippen LogP contribution in [0.3, 0.4) is 0 Å². The number of rotatable bonds is 0. The second-order valence-corrected chi connectivity index (χ2v) is 6.87. The Labute approximate surface area is 124 Å². The van der Waals surface area contributed by atoms with Gasteiger partial charge in [0.15, 0.2) is 0 Å². The Balaban J connectivity index is 2.43. The van der Waals surface area contributed by atoms with Crippen molar-refractivity contribution in [3.63, 3.8) is 0 Å². The van der Waals surface area contributed by atoms with Crippen molar-refractivity contribution < 1.29 is 0 Å². The average molecular weight is 434 g/mol. The van der Waals surface area contributed by atoms with Crippen molar-refractivity contribution in [3.05, 3.63) is 70.4 Å². The lowest BCUT2D eigenvalue weighted by Gasteiger charge is -2.29. The summed E-state index contributed by atoms with van der Waals surface area (Å²) in [6.07, 6.45) is 23.8. The maximum absolute atomic E-state index is 2.53. The van der Waals surface area contributed by atoms with Gasteiger partial charge in [0, 0.05) is 9.50 Å². The standard InChI is InChI=1S/C14H12I2/c15-13-9-4-2-1-3-7-12-8-5-6-10-14(12,16)11-13/h1-12H/b2-1+,7-3+,9-4?,13-11?/t12-,14?/m1/s1. The third-order valence-corrected chi connectivity index (χ3v) is 4.62. The SMILES string of the molecule is IC1=CC2(I)C=CC=C[C@H]2/C=C/C=C/C=C1. The molecular formula is C14H12I2. The highest BCUT2D eigenvalue weighted by molar-refractivity contribution is 14.1. The highest BCUT2D eigenvalue weighted by atomic mass is 127. The predicted molar refractivity (Wildman–Crippen MR) is 88.0 cm³/mol. The minimum absolute atomic E-state index is 0.0645. The lowest BCUT2D eigenvalue weighted by atomic mass is 9.87. The zero-order valence-electron chi connectivity index (χ0n) is 8.68. The molecule has 0 radical (unpaired) electrons. The van der Waals surface area contributed by atoms with E-state index in [1.54, 1.807) is 0 Å². The second kappa shape index (κ2) is 5.49. The first-order valence-electron chi connectivity index (χ1n) is 5.15. The molecule has 0 spiro atoms. The number of halogens is 2. The molecule has 82 valence electrons. The van der Waals surface area contributed by atoms with Crippen LogP contribution in [0.4, 0.5) is 0 Å². The molecule has 1 unspecified atom stereocenters. The molecule has 0 heterocycles. The van der Waals surface area contributed by atoms with E-state index in [0.29, 0.717) is 5.92 Å². The lowest BCUT2D eigenvalue weighted by Crippen LogP contribution is -2.25. The first kappa shape index (κ1) is 12.4. The van der Waals surface area contributed by atoms with Crippen molar-refractivity contribution in [2.45, 2.75) is 3.42 Å². The molecule has 0 aliphatic heterocycles. The van der Waals surface area contributed by atoms with Crippen LogP contribution in [0.25, 0.3) is 0 Å². The number of alkyl halides is 1. The van der Waals surface area contributed by atoms with Crippen LogP contribution in [-0.2, 0) is 0 Å². The van der Waals surface area contributed by atoms with Crippen LogP contribution in [0.15, 0.2) is 70.4 Å². The fourth-order valence-electron chi connectivity index (χ4n) is 1.72. The second-order valence-electron chi connectivity index (χ2n) is 3.76. The first-order valence-corrected chi connectivity index (χ1v) is 7.31. The van der Waals surface area contributed by atoms with Crippen LogP contribution in [0.2, 0.25) is 0 Å². The summed E-state index contributed by atoms with van der Waals surface area (Å²) in [7, 11) is 0. The zero-order chi connectivity index (χ0) is 11.4. The fraction of sp³-hybridized carbons (Fsp3) is 0.143. The summed E-state index contributed by atoms with van der Waals surface area (Å²) in [6, 6.07) is 0. The van der Waals surface area contributed by atoms with Gasteiger partial charge in [-0.2, -0.15) is 0 Å². The molecule has 0 nitrogen and oxygen atoms in total. The summed E-state index contributed by atoms with van der Waals surface area (Å²) in [5.41, 5.74) is 0. The molecule has 0 saturated carbocycles. The van der Waals surface area contributed by atoms with Gasteiger partial charge in [0.05, 0.1) is 3.42 Å². The van der Waals surface area contributed by atoms with E-state index in [4.69, 9.17) is 0 Å². The number of hydrogen-bond acceptors (Lipinski definition) is 0. The third kappa shape index (κ3) is 2.97. The van der Waals surface area contributed by atoms with E-state index in [9.17, 15) is 0 Å². The van der Waals surface area contributed by atoms with Crippen LogP contribution < -0.4 is 0 Å². The molecular weight excluding hydrogens is 422 g/mol. The maximum Gasteiger partial charge on any atom is 0.0693 e. The molecule has 0 fully saturated rings. The Bertz CT molecular complexity index is 436. The normalized spacial score (nSPS) is 36.4. The molecule has 2 aliphatic rings. The monoisotopic (exact) mass is 434 g/mol. The van der Waals surface area contributed by atoms with Crippen molar-refractivity contribution in [2.24, 2.45) is 5.92 Å². The minimum atomic E-state index is 0.0645. The van der Waals surface area contributed by atoms with Gasteiger partial charge in [-0.3, -0.25) is 0 Å². The summed E-state index contributed by atoms with van der Waals surface area (Å²) < 4.78 is 1.34. The summed E-state index contributed by atoms with van der Waals surface area (Å²) >= 11 is 4.91. The van der Waals surface area contributed by atoms with Crippen molar-refractivity contribution in [3.8, 4) is 0 Å². The number of fused-ring (bicyclic) bond motifs is 1. The highest BCUT2D eigenvalue weighted by Crippen LogP contribution is 2.38. The Morgan fingerprint density at radius 1 is 0.938 bits per heavy atom. The fourth-order valence-corrected chi connectivity index (χ4v) is 4.00. The van der Waals surface area contributed by atoms with Gasteiger partial charge in [-0.05, 0) is 28.7 Å². The van der Waals surface area contributed by atoms with Crippen molar-refractivity contribution in [2.75, 3.05) is 0 Å². The molecule has 0 aromatic rings. The quantitative estimate of drug-likeness (QED) is 0.376. The van der Waals surface area contributed by atoms with E-state index in [1.165, 1.54) is 3.58 Å². The van der Waals surface area contributed by atoms with Gasteiger partial charge in [-0.1, -0.05) is 83.4 Å². The lowest BCUT2D eigenvalue weighted by molar-refractivity contribution is 0.746. The van der Waals surface area contributed by atoms with Gasteiger partial charge in [0.2, 0.25) is 0 Å². The molecule has 2 aliphatic carbocycles. The van der Waals surface area contributed by atoms with Crippen molar-refractivity contribution in [1.29, 1.82) is 0 Å². The van der Waals surface area contributed by atoms with Gasteiger partial charge in [-0.25, -0.2) is 0 Å². The van der Waals surface area contributed by atoms with E-state index in [1.807, 2.05) is 0 Å². The van der Waals surface area contributed by atoms with E-state index in [-0.39, 0.29) is 3.42 Å². The molecule has 2 rings (SSSR count). The molecule has 16 heavy (non-hydrogen) atoms. The molecule has 2 atom stereocenters. The summed E-state index contributed by atoms with van der Waals surface area (Å²) in [4.78, 5) is 0. The zero-order valence-corrected chi connectivity index (χ0v) is 13.0. The van der Waals surface area contributed by atoms with Gasteiger partial charge >= 0.3 is 0 Å². The summed E-state index contributed by atoms with van der Waals surface area (Å²) in [6.45, 7) is 0. The van der Waals surface area contributed by atoms with Gasteiger partial charge in [0.25, 0.3) is 0 Å². The van der Waals surface area contributed by atoms with E-state index in [0.717, 1.165) is 0 Å². The van der Waals surface area contributed by atoms with Crippen LogP contribution >= 0.6 is 45.2 Å². The molecule has 0 N–H and O–H groups in total. The van der Waals surface area contributed by atoms with Crippen LogP contribution in [0.1, 0.15) is 0 Å². The molecule has 0 amide bonds. The maximum atomic E-state index is 2.53. The third-order valence-electron chi connectivity index (χ3n) is 2.56. The topological polar surface area (TPSA) is 0 Å². The van der Waals surface area contributed by atoms with Gasteiger partial charge in [-0.15, -0.1) is 0 Å². The molecule has 0 aromatic carbocycles. The smallest absolute Gasteiger partial charge is 0.0693 e. The Hall–Kier alpha value is -0.100. The summed E-state index contributed by atoms with van der Waals surface area (Å²) in [5, 5.41) is 0. The molecule has 0 saturated heterocycles. The average Bonchev–Trinajstić information content (AvgIpc) is 2.25. The van der Waals surface area contributed by atoms with Crippen LogP contribution in [0.5, 0.6) is 0 Å².